The fraction of sp³-hybridized carbons (Fsp3) is 0.333. The number of nitrogens with two attached hydrogens (primary N) is 1. The van der Waals surface area contributed by atoms with Gasteiger partial charge in [0, 0.05) is 13.1 Å². The first-order valence-corrected chi connectivity index (χ1v) is 5.13. The zero-order valence-corrected chi connectivity index (χ0v) is 9.75. The maximum absolute atomic E-state index is 6.14. The third-order valence-electron chi connectivity index (χ3n) is 2.24. The quantitative estimate of drug-likeness (QED) is 0.796. The lowest BCUT2D eigenvalue weighted by molar-refractivity contribution is 0.818. The third kappa shape index (κ3) is 2.89. The van der Waals surface area contributed by atoms with E-state index in [0.29, 0.717) is 11.6 Å². The molecule has 0 spiro atoms. The average molecular weight is 223 g/mol. The Morgan fingerprint density at radius 2 is 2.27 bits per heavy atom. The van der Waals surface area contributed by atoms with E-state index < -0.39 is 0 Å². The highest BCUT2D eigenvalue weighted by Crippen LogP contribution is 2.27. The van der Waals surface area contributed by atoms with Gasteiger partial charge in [-0.1, -0.05) is 23.6 Å². The molecule has 1 aromatic carbocycles. The van der Waals surface area contributed by atoms with Gasteiger partial charge in [0.15, 0.2) is 0 Å². The summed E-state index contributed by atoms with van der Waals surface area (Å²) in [5.74, 6) is 2.57. The van der Waals surface area contributed by atoms with E-state index in [-0.39, 0.29) is 6.04 Å². The summed E-state index contributed by atoms with van der Waals surface area (Å²) in [6, 6.07) is 5.79. The summed E-state index contributed by atoms with van der Waals surface area (Å²) in [6.07, 6.45) is 5.24. The van der Waals surface area contributed by atoms with E-state index in [1.165, 1.54) is 0 Å². The van der Waals surface area contributed by atoms with Crippen molar-refractivity contribution in [3.05, 3.63) is 28.8 Å². The molecule has 0 aliphatic heterocycles. The summed E-state index contributed by atoms with van der Waals surface area (Å²) >= 11 is 6.14. The highest BCUT2D eigenvalue weighted by Gasteiger charge is 2.07. The van der Waals surface area contributed by atoms with Crippen LogP contribution < -0.4 is 10.6 Å². The van der Waals surface area contributed by atoms with Crippen molar-refractivity contribution in [3.8, 4) is 12.3 Å². The molecule has 1 atom stereocenters. The van der Waals surface area contributed by atoms with Crippen molar-refractivity contribution in [2.45, 2.75) is 13.0 Å². The Balaban J connectivity index is 2.98. The highest BCUT2D eigenvalue weighted by atomic mass is 35.5. The van der Waals surface area contributed by atoms with E-state index in [9.17, 15) is 0 Å². The number of anilines is 1. The largest absolute Gasteiger partial charge is 0.362 e. The summed E-state index contributed by atoms with van der Waals surface area (Å²) in [6.45, 7) is 2.47. The summed E-state index contributed by atoms with van der Waals surface area (Å²) in [5, 5.41) is 0.683. The summed E-state index contributed by atoms with van der Waals surface area (Å²) in [7, 11) is 1.91. The second-order valence-corrected chi connectivity index (χ2v) is 3.97. The van der Waals surface area contributed by atoms with Gasteiger partial charge in [0.25, 0.3) is 0 Å². The Kier molecular flexibility index (Phi) is 4.02. The fourth-order valence-corrected chi connectivity index (χ4v) is 1.67. The first kappa shape index (κ1) is 11.9. The van der Waals surface area contributed by atoms with E-state index in [2.05, 4.69) is 5.92 Å². The Morgan fingerprint density at radius 3 is 2.73 bits per heavy atom. The lowest BCUT2D eigenvalue weighted by atomic mass is 10.1. The van der Waals surface area contributed by atoms with Gasteiger partial charge in [0.1, 0.15) is 0 Å². The minimum atomic E-state index is -0.00510. The van der Waals surface area contributed by atoms with Gasteiger partial charge in [-0.15, -0.1) is 6.42 Å². The van der Waals surface area contributed by atoms with E-state index in [4.69, 9.17) is 23.8 Å². The SMILES string of the molecule is C#CCN(C)c1ccc([C@@H](C)N)cc1Cl. The molecule has 1 aromatic rings. The molecule has 0 aliphatic rings. The molecule has 3 heteroatoms. The molecule has 15 heavy (non-hydrogen) atoms. The lowest BCUT2D eigenvalue weighted by Gasteiger charge is -2.18. The van der Waals surface area contributed by atoms with Crippen LogP contribution in [0.3, 0.4) is 0 Å². The van der Waals surface area contributed by atoms with E-state index in [1.807, 2.05) is 37.1 Å². The second kappa shape index (κ2) is 5.06. The van der Waals surface area contributed by atoms with Crippen molar-refractivity contribution in [1.82, 2.24) is 0 Å². The molecule has 0 heterocycles. The van der Waals surface area contributed by atoms with E-state index >= 15 is 0 Å². The smallest absolute Gasteiger partial charge is 0.0788 e. The Bertz CT molecular complexity index is 380. The van der Waals surface area contributed by atoms with E-state index in [1.54, 1.807) is 0 Å². The second-order valence-electron chi connectivity index (χ2n) is 3.56. The topological polar surface area (TPSA) is 29.3 Å². The van der Waals surface area contributed by atoms with Crippen LogP contribution in [0.25, 0.3) is 0 Å². The maximum atomic E-state index is 6.14. The summed E-state index contributed by atoms with van der Waals surface area (Å²) in [5.41, 5.74) is 7.72. The third-order valence-corrected chi connectivity index (χ3v) is 2.54. The molecule has 2 N–H and O–H groups in total. The molecule has 0 saturated carbocycles. The van der Waals surface area contributed by atoms with Crippen LogP contribution in [-0.4, -0.2) is 13.6 Å². The molecular formula is C12H15ClN2. The predicted octanol–water partition coefficient (Wildman–Crippen LogP) is 2.43. The van der Waals surface area contributed by atoms with Crippen LogP contribution >= 0.6 is 11.6 Å². The maximum Gasteiger partial charge on any atom is 0.0788 e. The minimum absolute atomic E-state index is 0.00510. The first-order chi connectivity index (χ1) is 7.06. The number of terminal acetylenes is 1. The molecule has 80 valence electrons. The minimum Gasteiger partial charge on any atom is -0.362 e. The Labute approximate surface area is 96.0 Å². The Hall–Kier alpha value is -1.17. The van der Waals surface area contributed by atoms with E-state index in [0.717, 1.165) is 11.3 Å². The monoisotopic (exact) mass is 222 g/mol. The predicted molar refractivity (Wildman–Crippen MR) is 66.2 cm³/mol. The number of nitrogens with zero attached hydrogens (tertiary/aromatic N) is 1. The molecule has 0 aromatic heterocycles. The van der Waals surface area contributed by atoms with Crippen molar-refractivity contribution in [2.24, 2.45) is 5.73 Å². The van der Waals surface area contributed by atoms with Crippen LogP contribution in [0.5, 0.6) is 0 Å². The van der Waals surface area contributed by atoms with Crippen LogP contribution in [0.1, 0.15) is 18.5 Å². The van der Waals surface area contributed by atoms with Crippen LogP contribution in [0.2, 0.25) is 5.02 Å². The van der Waals surface area contributed by atoms with Crippen molar-refractivity contribution in [3.63, 3.8) is 0 Å². The van der Waals surface area contributed by atoms with Gasteiger partial charge in [-0.05, 0) is 24.6 Å². The van der Waals surface area contributed by atoms with Gasteiger partial charge in [-0.25, -0.2) is 0 Å². The number of benzene rings is 1. The van der Waals surface area contributed by atoms with Crippen LogP contribution in [0.4, 0.5) is 5.69 Å². The molecule has 1 rings (SSSR count). The van der Waals surface area contributed by atoms with Crippen molar-refractivity contribution < 1.29 is 0 Å². The van der Waals surface area contributed by atoms with Crippen molar-refractivity contribution in [1.29, 1.82) is 0 Å². The van der Waals surface area contributed by atoms with Gasteiger partial charge in [0.2, 0.25) is 0 Å². The van der Waals surface area contributed by atoms with Crippen molar-refractivity contribution in [2.75, 3.05) is 18.5 Å². The lowest BCUT2D eigenvalue weighted by Crippen LogP contribution is -2.17. The molecule has 0 amide bonds. The standard InChI is InChI=1S/C12H15ClN2/c1-4-7-15(3)12-6-5-10(9(2)14)8-11(12)13/h1,5-6,8-9H,7,14H2,2-3H3/t9-/m1/s1. The Morgan fingerprint density at radius 1 is 1.60 bits per heavy atom. The first-order valence-electron chi connectivity index (χ1n) is 4.76. The van der Waals surface area contributed by atoms with Crippen molar-refractivity contribution >= 4 is 17.3 Å². The average Bonchev–Trinajstić information content (AvgIpc) is 2.17. The van der Waals surface area contributed by atoms with Crippen LogP contribution in [-0.2, 0) is 0 Å². The summed E-state index contributed by atoms with van der Waals surface area (Å²) in [4.78, 5) is 1.92. The van der Waals surface area contributed by atoms with Crippen LogP contribution in [0.15, 0.2) is 18.2 Å². The zero-order chi connectivity index (χ0) is 11.4. The van der Waals surface area contributed by atoms with Gasteiger partial charge < -0.3 is 10.6 Å². The molecule has 2 nitrogen and oxygen atoms in total. The molecule has 0 aliphatic carbocycles. The molecule has 0 unspecified atom stereocenters. The molecular weight excluding hydrogens is 208 g/mol. The zero-order valence-electron chi connectivity index (χ0n) is 9.00. The van der Waals surface area contributed by atoms with Gasteiger partial charge in [-0.2, -0.15) is 0 Å². The number of hydrogen-bond donors (Lipinski definition) is 1. The van der Waals surface area contributed by atoms with Gasteiger partial charge in [0.05, 0.1) is 17.3 Å². The molecule has 0 saturated heterocycles. The fourth-order valence-electron chi connectivity index (χ4n) is 1.34. The van der Waals surface area contributed by atoms with Gasteiger partial charge in [-0.3, -0.25) is 0 Å². The molecule has 0 radical (unpaired) electrons. The number of halogens is 1. The normalized spacial score (nSPS) is 11.9. The van der Waals surface area contributed by atoms with Crippen LogP contribution in [0, 0.1) is 12.3 Å². The number of hydrogen-bond acceptors (Lipinski definition) is 2. The highest BCUT2D eigenvalue weighted by molar-refractivity contribution is 6.33. The summed E-state index contributed by atoms with van der Waals surface area (Å²) < 4.78 is 0. The van der Waals surface area contributed by atoms with Gasteiger partial charge >= 0.3 is 0 Å². The molecule has 0 fully saturated rings. The molecule has 0 bridgehead atoms. The number of rotatable bonds is 3.